The topological polar surface area (TPSA) is 55.1 Å². The van der Waals surface area contributed by atoms with E-state index in [2.05, 4.69) is 31.0 Å². The summed E-state index contributed by atoms with van der Waals surface area (Å²) >= 11 is 0. The predicted octanol–water partition coefficient (Wildman–Crippen LogP) is 3.26. The SMILES string of the molecule is CCc1cccc(CC)c1-n1c(C(=O)O)cnc1CC. The normalized spacial score (nSPS) is 10.8. The molecule has 0 radical (unpaired) electrons. The van der Waals surface area contributed by atoms with Gasteiger partial charge in [-0.1, -0.05) is 39.0 Å². The van der Waals surface area contributed by atoms with Crippen LogP contribution < -0.4 is 0 Å². The van der Waals surface area contributed by atoms with Crippen molar-refractivity contribution in [3.63, 3.8) is 0 Å². The van der Waals surface area contributed by atoms with Crippen molar-refractivity contribution in [2.75, 3.05) is 0 Å². The second-order valence-corrected chi connectivity index (χ2v) is 4.69. The molecule has 2 rings (SSSR count). The average molecular weight is 272 g/mol. The maximum atomic E-state index is 11.5. The zero-order valence-electron chi connectivity index (χ0n) is 12.2. The van der Waals surface area contributed by atoms with Crippen molar-refractivity contribution in [2.45, 2.75) is 40.0 Å². The number of aromatic carboxylic acids is 1. The number of aryl methyl sites for hydroxylation is 3. The van der Waals surface area contributed by atoms with Crippen LogP contribution in [0.5, 0.6) is 0 Å². The minimum atomic E-state index is -0.940. The Morgan fingerprint density at radius 2 is 1.75 bits per heavy atom. The number of nitrogens with zero attached hydrogens (tertiary/aromatic N) is 2. The number of carboxylic acid groups (broad SMARTS) is 1. The van der Waals surface area contributed by atoms with Crippen molar-refractivity contribution in [1.29, 1.82) is 0 Å². The molecule has 1 N–H and O–H groups in total. The Morgan fingerprint density at radius 1 is 1.15 bits per heavy atom. The second-order valence-electron chi connectivity index (χ2n) is 4.69. The number of hydrogen-bond acceptors (Lipinski definition) is 2. The summed E-state index contributed by atoms with van der Waals surface area (Å²) in [5, 5.41) is 9.40. The molecule has 0 atom stereocenters. The van der Waals surface area contributed by atoms with Crippen LogP contribution in [0, 0.1) is 0 Å². The van der Waals surface area contributed by atoms with Gasteiger partial charge in [-0.25, -0.2) is 9.78 Å². The van der Waals surface area contributed by atoms with Crippen LogP contribution in [0.2, 0.25) is 0 Å². The number of carbonyl (C=O) groups is 1. The highest BCUT2D eigenvalue weighted by atomic mass is 16.4. The Morgan fingerprint density at radius 3 is 2.20 bits per heavy atom. The minimum Gasteiger partial charge on any atom is -0.477 e. The molecule has 0 amide bonds. The van der Waals surface area contributed by atoms with Gasteiger partial charge in [0.25, 0.3) is 0 Å². The van der Waals surface area contributed by atoms with Crippen LogP contribution in [0.25, 0.3) is 5.69 Å². The fraction of sp³-hybridized carbons (Fsp3) is 0.375. The zero-order valence-corrected chi connectivity index (χ0v) is 12.2. The standard InChI is InChI=1S/C16H20N2O2/c1-4-11-8-7-9-12(5-2)15(11)18-13(16(19)20)10-17-14(18)6-3/h7-10H,4-6H2,1-3H3,(H,19,20). The molecule has 4 heteroatoms. The van der Waals surface area contributed by atoms with Crippen molar-refractivity contribution in [3.8, 4) is 5.69 Å². The van der Waals surface area contributed by atoms with Gasteiger partial charge >= 0.3 is 5.97 Å². The molecular formula is C16H20N2O2. The van der Waals surface area contributed by atoms with Gasteiger partial charge in [0.2, 0.25) is 0 Å². The summed E-state index contributed by atoms with van der Waals surface area (Å²) in [5.41, 5.74) is 3.53. The van der Waals surface area contributed by atoms with Crippen molar-refractivity contribution in [2.24, 2.45) is 0 Å². The Labute approximate surface area is 119 Å². The van der Waals surface area contributed by atoms with Gasteiger partial charge in [0.15, 0.2) is 5.69 Å². The number of hydrogen-bond donors (Lipinski definition) is 1. The Bertz CT molecular complexity index is 607. The van der Waals surface area contributed by atoms with Gasteiger partial charge in [-0.3, -0.25) is 4.57 Å². The predicted molar refractivity (Wildman–Crippen MR) is 78.7 cm³/mol. The Kier molecular flexibility index (Phi) is 4.23. The first-order chi connectivity index (χ1) is 9.63. The highest BCUT2D eigenvalue weighted by Gasteiger charge is 2.19. The van der Waals surface area contributed by atoms with Crippen molar-refractivity contribution >= 4 is 5.97 Å². The van der Waals surface area contributed by atoms with E-state index in [1.54, 1.807) is 4.57 Å². The van der Waals surface area contributed by atoms with Crippen LogP contribution in [0.3, 0.4) is 0 Å². The minimum absolute atomic E-state index is 0.234. The number of carboxylic acids is 1. The molecule has 0 aliphatic heterocycles. The van der Waals surface area contributed by atoms with Gasteiger partial charge in [0, 0.05) is 6.42 Å². The molecule has 0 bridgehead atoms. The molecule has 1 heterocycles. The second kappa shape index (κ2) is 5.90. The van der Waals surface area contributed by atoms with E-state index >= 15 is 0 Å². The molecule has 1 aromatic carbocycles. The molecule has 0 aliphatic carbocycles. The lowest BCUT2D eigenvalue weighted by atomic mass is 10.0. The van der Waals surface area contributed by atoms with Gasteiger partial charge in [-0.15, -0.1) is 0 Å². The monoisotopic (exact) mass is 272 g/mol. The molecule has 0 saturated carbocycles. The maximum absolute atomic E-state index is 11.5. The third kappa shape index (κ3) is 2.33. The Hall–Kier alpha value is -2.10. The van der Waals surface area contributed by atoms with E-state index in [1.165, 1.54) is 6.20 Å². The molecule has 106 valence electrons. The summed E-state index contributed by atoms with van der Waals surface area (Å²) in [5.74, 6) is -0.150. The van der Waals surface area contributed by atoms with Crippen molar-refractivity contribution in [1.82, 2.24) is 9.55 Å². The molecule has 4 nitrogen and oxygen atoms in total. The van der Waals surface area contributed by atoms with Gasteiger partial charge in [0.05, 0.1) is 11.9 Å². The van der Waals surface area contributed by atoms with Crippen molar-refractivity contribution in [3.05, 3.63) is 47.0 Å². The lowest BCUT2D eigenvalue weighted by molar-refractivity contribution is 0.0688. The number of imidazole rings is 1. The molecule has 0 unspecified atom stereocenters. The van der Waals surface area contributed by atoms with E-state index in [0.29, 0.717) is 6.42 Å². The van der Waals surface area contributed by atoms with Crippen LogP contribution in [0.4, 0.5) is 0 Å². The van der Waals surface area contributed by atoms with Gasteiger partial charge in [0.1, 0.15) is 5.82 Å². The van der Waals surface area contributed by atoms with Crippen LogP contribution in [-0.2, 0) is 19.3 Å². The molecule has 0 saturated heterocycles. The summed E-state index contributed by atoms with van der Waals surface area (Å²) in [7, 11) is 0. The first kappa shape index (κ1) is 14.3. The van der Waals surface area contributed by atoms with Crippen LogP contribution >= 0.6 is 0 Å². The third-order valence-corrected chi connectivity index (χ3v) is 3.56. The fourth-order valence-electron chi connectivity index (χ4n) is 2.54. The number of para-hydroxylation sites is 1. The Balaban J connectivity index is 2.79. The summed E-state index contributed by atoms with van der Waals surface area (Å²) in [6.45, 7) is 6.16. The van der Waals surface area contributed by atoms with Crippen LogP contribution in [0.1, 0.15) is 48.2 Å². The summed E-state index contributed by atoms with van der Waals surface area (Å²) < 4.78 is 1.81. The fourth-order valence-corrected chi connectivity index (χ4v) is 2.54. The molecule has 1 aromatic heterocycles. The molecule has 20 heavy (non-hydrogen) atoms. The van der Waals surface area contributed by atoms with E-state index in [1.807, 2.05) is 13.0 Å². The number of rotatable bonds is 5. The van der Waals surface area contributed by atoms with E-state index in [9.17, 15) is 9.90 Å². The quantitative estimate of drug-likeness (QED) is 0.909. The molecule has 0 aliphatic rings. The average Bonchev–Trinajstić information content (AvgIpc) is 2.89. The van der Waals surface area contributed by atoms with E-state index < -0.39 is 5.97 Å². The van der Waals surface area contributed by atoms with Gasteiger partial charge in [-0.2, -0.15) is 0 Å². The first-order valence-electron chi connectivity index (χ1n) is 7.05. The van der Waals surface area contributed by atoms with Crippen LogP contribution in [0.15, 0.2) is 24.4 Å². The number of aromatic nitrogens is 2. The molecular weight excluding hydrogens is 252 g/mol. The summed E-state index contributed by atoms with van der Waals surface area (Å²) in [6.07, 6.45) is 3.88. The molecule has 0 fully saturated rings. The van der Waals surface area contributed by atoms with E-state index in [4.69, 9.17) is 0 Å². The third-order valence-electron chi connectivity index (χ3n) is 3.56. The molecule has 2 aromatic rings. The number of benzene rings is 1. The zero-order chi connectivity index (χ0) is 14.7. The van der Waals surface area contributed by atoms with Crippen LogP contribution in [-0.4, -0.2) is 20.6 Å². The smallest absolute Gasteiger partial charge is 0.354 e. The van der Waals surface area contributed by atoms with Crippen molar-refractivity contribution < 1.29 is 9.90 Å². The molecule has 0 spiro atoms. The summed E-state index contributed by atoms with van der Waals surface area (Å²) in [6, 6.07) is 6.14. The highest BCUT2D eigenvalue weighted by molar-refractivity contribution is 5.86. The van der Waals surface area contributed by atoms with E-state index in [-0.39, 0.29) is 5.69 Å². The van der Waals surface area contributed by atoms with E-state index in [0.717, 1.165) is 35.5 Å². The van der Waals surface area contributed by atoms with Gasteiger partial charge < -0.3 is 5.11 Å². The first-order valence-corrected chi connectivity index (χ1v) is 7.05. The van der Waals surface area contributed by atoms with Gasteiger partial charge in [-0.05, 0) is 24.0 Å². The maximum Gasteiger partial charge on any atom is 0.354 e. The lowest BCUT2D eigenvalue weighted by Crippen LogP contribution is -2.13. The highest BCUT2D eigenvalue weighted by Crippen LogP contribution is 2.25. The summed E-state index contributed by atoms with van der Waals surface area (Å²) in [4.78, 5) is 15.7. The lowest BCUT2D eigenvalue weighted by Gasteiger charge is -2.17. The largest absolute Gasteiger partial charge is 0.477 e.